The van der Waals surface area contributed by atoms with Gasteiger partial charge in [0.05, 0.1) is 13.2 Å². The van der Waals surface area contributed by atoms with E-state index in [0.717, 1.165) is 25.0 Å². The number of rotatable bonds is 2. The normalized spacial score (nSPS) is 22.6. The van der Waals surface area contributed by atoms with E-state index < -0.39 is 0 Å². The minimum atomic E-state index is -0.283. The summed E-state index contributed by atoms with van der Waals surface area (Å²) in [7, 11) is 0. The SMILES string of the molecule is O=C(c1ccc2c(c1)OCCCO2)C1CCCO1. The van der Waals surface area contributed by atoms with Crippen molar-refractivity contribution in [2.75, 3.05) is 19.8 Å². The van der Waals surface area contributed by atoms with Gasteiger partial charge in [-0.2, -0.15) is 0 Å². The molecule has 0 N–H and O–H groups in total. The van der Waals surface area contributed by atoms with Gasteiger partial charge in [0.15, 0.2) is 17.3 Å². The lowest BCUT2D eigenvalue weighted by Crippen LogP contribution is -2.19. The Kier molecular flexibility index (Phi) is 3.19. The van der Waals surface area contributed by atoms with Crippen LogP contribution in [0.2, 0.25) is 0 Å². The molecule has 2 aliphatic rings. The summed E-state index contributed by atoms with van der Waals surface area (Å²) < 4.78 is 16.5. The highest BCUT2D eigenvalue weighted by Gasteiger charge is 2.25. The predicted molar refractivity (Wildman–Crippen MR) is 65.4 cm³/mol. The molecule has 1 atom stereocenters. The van der Waals surface area contributed by atoms with Gasteiger partial charge in [-0.25, -0.2) is 0 Å². The number of fused-ring (bicyclic) bond motifs is 1. The van der Waals surface area contributed by atoms with Gasteiger partial charge in [-0.3, -0.25) is 4.79 Å². The molecule has 0 bridgehead atoms. The molecule has 2 heterocycles. The lowest BCUT2D eigenvalue weighted by Gasteiger charge is -2.11. The lowest BCUT2D eigenvalue weighted by molar-refractivity contribution is 0.0642. The van der Waals surface area contributed by atoms with Crippen molar-refractivity contribution in [3.8, 4) is 11.5 Å². The van der Waals surface area contributed by atoms with Gasteiger partial charge in [0.1, 0.15) is 6.10 Å². The van der Waals surface area contributed by atoms with Crippen molar-refractivity contribution in [3.05, 3.63) is 23.8 Å². The number of ether oxygens (including phenoxy) is 3. The van der Waals surface area contributed by atoms with Crippen LogP contribution < -0.4 is 9.47 Å². The highest BCUT2D eigenvalue weighted by atomic mass is 16.5. The molecule has 0 aliphatic carbocycles. The molecule has 96 valence electrons. The smallest absolute Gasteiger partial charge is 0.191 e. The summed E-state index contributed by atoms with van der Waals surface area (Å²) in [5.41, 5.74) is 0.645. The van der Waals surface area contributed by atoms with Crippen LogP contribution in [0.25, 0.3) is 0 Å². The molecule has 4 nitrogen and oxygen atoms in total. The first-order valence-corrected chi connectivity index (χ1v) is 6.40. The van der Waals surface area contributed by atoms with Gasteiger partial charge in [-0.1, -0.05) is 0 Å². The van der Waals surface area contributed by atoms with Gasteiger partial charge >= 0.3 is 0 Å². The average Bonchev–Trinajstić information content (AvgIpc) is 2.83. The van der Waals surface area contributed by atoms with E-state index in [1.54, 1.807) is 12.1 Å². The second-order valence-corrected chi connectivity index (χ2v) is 4.58. The molecule has 1 aromatic carbocycles. The topological polar surface area (TPSA) is 44.8 Å². The van der Waals surface area contributed by atoms with E-state index in [0.29, 0.717) is 31.1 Å². The Bertz CT molecular complexity index is 449. The van der Waals surface area contributed by atoms with Crippen LogP contribution >= 0.6 is 0 Å². The van der Waals surface area contributed by atoms with Gasteiger partial charge in [0, 0.05) is 18.6 Å². The van der Waals surface area contributed by atoms with Crippen molar-refractivity contribution in [1.29, 1.82) is 0 Å². The van der Waals surface area contributed by atoms with Crippen LogP contribution in [0.15, 0.2) is 18.2 Å². The summed E-state index contributed by atoms with van der Waals surface area (Å²) in [5.74, 6) is 1.43. The summed E-state index contributed by atoms with van der Waals surface area (Å²) >= 11 is 0. The first kappa shape index (κ1) is 11.5. The van der Waals surface area contributed by atoms with Crippen LogP contribution in [-0.2, 0) is 4.74 Å². The van der Waals surface area contributed by atoms with E-state index in [1.807, 2.05) is 6.07 Å². The van der Waals surface area contributed by atoms with Crippen molar-refractivity contribution < 1.29 is 19.0 Å². The standard InChI is InChI=1S/C14H16O4/c15-14(12-3-1-6-17-12)10-4-5-11-13(9-10)18-8-2-7-16-11/h4-5,9,12H,1-3,6-8H2. The molecule has 1 aromatic rings. The molecule has 3 rings (SSSR count). The fraction of sp³-hybridized carbons (Fsp3) is 0.500. The Hall–Kier alpha value is -1.55. The summed E-state index contributed by atoms with van der Waals surface area (Å²) in [4.78, 5) is 12.2. The van der Waals surface area contributed by atoms with Crippen LogP contribution in [0.3, 0.4) is 0 Å². The molecule has 1 saturated heterocycles. The predicted octanol–water partition coefficient (Wildman–Crippen LogP) is 2.21. The molecule has 0 saturated carbocycles. The van der Waals surface area contributed by atoms with Crippen LogP contribution in [0.1, 0.15) is 29.6 Å². The van der Waals surface area contributed by atoms with E-state index in [9.17, 15) is 4.79 Å². The van der Waals surface area contributed by atoms with Crippen molar-refractivity contribution in [1.82, 2.24) is 0 Å². The van der Waals surface area contributed by atoms with Crippen molar-refractivity contribution in [2.24, 2.45) is 0 Å². The van der Waals surface area contributed by atoms with E-state index in [4.69, 9.17) is 14.2 Å². The van der Waals surface area contributed by atoms with E-state index in [1.165, 1.54) is 0 Å². The zero-order chi connectivity index (χ0) is 12.4. The quantitative estimate of drug-likeness (QED) is 0.753. The Balaban J connectivity index is 1.84. The number of hydrogen-bond donors (Lipinski definition) is 0. The molecule has 4 heteroatoms. The molecule has 1 fully saturated rings. The average molecular weight is 248 g/mol. The van der Waals surface area contributed by atoms with Gasteiger partial charge in [0.2, 0.25) is 0 Å². The monoisotopic (exact) mass is 248 g/mol. The Morgan fingerprint density at radius 3 is 2.67 bits per heavy atom. The van der Waals surface area contributed by atoms with Crippen LogP contribution in [0.5, 0.6) is 11.5 Å². The number of benzene rings is 1. The van der Waals surface area contributed by atoms with E-state index >= 15 is 0 Å². The third-order valence-electron chi connectivity index (χ3n) is 3.25. The summed E-state index contributed by atoms with van der Waals surface area (Å²) in [6.07, 6.45) is 2.35. The van der Waals surface area contributed by atoms with Gasteiger partial charge in [-0.05, 0) is 31.0 Å². The summed E-state index contributed by atoms with van der Waals surface area (Å²) in [5, 5.41) is 0. The maximum atomic E-state index is 12.2. The molecule has 0 radical (unpaired) electrons. The molecule has 0 spiro atoms. The number of Topliss-reactive ketones (excluding diaryl/α,β-unsaturated/α-hetero) is 1. The van der Waals surface area contributed by atoms with Gasteiger partial charge in [-0.15, -0.1) is 0 Å². The molecule has 0 aromatic heterocycles. The van der Waals surface area contributed by atoms with Gasteiger partial charge in [0.25, 0.3) is 0 Å². The molecule has 18 heavy (non-hydrogen) atoms. The molecular weight excluding hydrogens is 232 g/mol. The highest BCUT2D eigenvalue weighted by molar-refractivity contribution is 6.00. The fourth-order valence-corrected chi connectivity index (χ4v) is 2.29. The number of hydrogen-bond acceptors (Lipinski definition) is 4. The second-order valence-electron chi connectivity index (χ2n) is 4.58. The molecular formula is C14H16O4. The Morgan fingerprint density at radius 1 is 1.06 bits per heavy atom. The summed E-state index contributed by atoms with van der Waals surface area (Å²) in [6.45, 7) is 1.97. The Morgan fingerprint density at radius 2 is 1.89 bits per heavy atom. The molecule has 1 unspecified atom stereocenters. The van der Waals surface area contributed by atoms with E-state index in [-0.39, 0.29) is 11.9 Å². The minimum absolute atomic E-state index is 0.0446. The Labute approximate surface area is 106 Å². The first-order chi connectivity index (χ1) is 8.84. The second kappa shape index (κ2) is 4.98. The maximum Gasteiger partial charge on any atom is 0.191 e. The molecule has 0 amide bonds. The van der Waals surface area contributed by atoms with Crippen LogP contribution in [0, 0.1) is 0 Å². The fourth-order valence-electron chi connectivity index (χ4n) is 2.29. The molecule has 2 aliphatic heterocycles. The van der Waals surface area contributed by atoms with Gasteiger partial charge < -0.3 is 14.2 Å². The van der Waals surface area contributed by atoms with Crippen LogP contribution in [-0.4, -0.2) is 31.7 Å². The number of carbonyl (C=O) groups excluding carboxylic acids is 1. The number of ketones is 1. The largest absolute Gasteiger partial charge is 0.490 e. The van der Waals surface area contributed by atoms with Crippen molar-refractivity contribution >= 4 is 5.78 Å². The first-order valence-electron chi connectivity index (χ1n) is 6.40. The highest BCUT2D eigenvalue weighted by Crippen LogP contribution is 2.31. The zero-order valence-electron chi connectivity index (χ0n) is 10.2. The minimum Gasteiger partial charge on any atom is -0.490 e. The lowest BCUT2D eigenvalue weighted by atomic mass is 10.0. The number of carbonyl (C=O) groups is 1. The summed E-state index contributed by atoms with van der Waals surface area (Å²) in [6, 6.07) is 5.37. The maximum absolute atomic E-state index is 12.2. The van der Waals surface area contributed by atoms with Crippen molar-refractivity contribution in [3.63, 3.8) is 0 Å². The third kappa shape index (κ3) is 2.20. The zero-order valence-corrected chi connectivity index (χ0v) is 10.2. The van der Waals surface area contributed by atoms with Crippen molar-refractivity contribution in [2.45, 2.75) is 25.4 Å². The van der Waals surface area contributed by atoms with E-state index in [2.05, 4.69) is 0 Å². The van der Waals surface area contributed by atoms with Crippen LogP contribution in [0.4, 0.5) is 0 Å². The third-order valence-corrected chi connectivity index (χ3v) is 3.25.